The molecule has 0 aliphatic carbocycles. The van der Waals surface area contributed by atoms with E-state index in [4.69, 9.17) is 9.05 Å². The highest BCUT2D eigenvalue weighted by molar-refractivity contribution is 9.10. The molecule has 0 unspecified atom stereocenters. The number of hydrogen-bond donors (Lipinski definition) is 0. The van der Waals surface area contributed by atoms with Crippen molar-refractivity contribution in [3.8, 4) is 0 Å². The van der Waals surface area contributed by atoms with E-state index in [1.807, 2.05) is 27.7 Å². The zero-order chi connectivity index (χ0) is 13.0. The van der Waals surface area contributed by atoms with Crippen molar-refractivity contribution in [2.24, 2.45) is 0 Å². The summed E-state index contributed by atoms with van der Waals surface area (Å²) in [6.07, 6.45) is 0.720. The van der Waals surface area contributed by atoms with E-state index in [1.165, 1.54) is 0 Å². The molecule has 0 radical (unpaired) electrons. The lowest BCUT2D eigenvalue weighted by Crippen LogP contribution is -2.30. The van der Waals surface area contributed by atoms with Crippen LogP contribution in [0.5, 0.6) is 0 Å². The summed E-state index contributed by atoms with van der Waals surface area (Å²) in [5, 5.41) is -0.494. The molecule has 0 spiro atoms. The van der Waals surface area contributed by atoms with E-state index in [9.17, 15) is 4.57 Å². The van der Waals surface area contributed by atoms with E-state index in [2.05, 4.69) is 29.8 Å². The molecule has 0 rings (SSSR count). The van der Waals surface area contributed by atoms with Gasteiger partial charge in [0, 0.05) is 4.32 Å². The van der Waals surface area contributed by atoms with Gasteiger partial charge in [0.1, 0.15) is 0 Å². The molecule has 0 atom stereocenters. The fourth-order valence-corrected chi connectivity index (χ4v) is 4.81. The summed E-state index contributed by atoms with van der Waals surface area (Å²) in [5.74, 6) is 0. The zero-order valence-electron chi connectivity index (χ0n) is 11.2. The first kappa shape index (κ1) is 16.6. The molecule has 0 N–H and O–H groups in total. The van der Waals surface area contributed by atoms with Gasteiger partial charge in [0.25, 0.3) is 0 Å². The van der Waals surface area contributed by atoms with Crippen molar-refractivity contribution in [3.63, 3.8) is 0 Å². The minimum atomic E-state index is -3.05. The lowest BCUT2D eigenvalue weighted by Gasteiger charge is -2.36. The molecule has 0 aliphatic heterocycles. The average molecular weight is 315 g/mol. The van der Waals surface area contributed by atoms with Gasteiger partial charge in [0.15, 0.2) is 0 Å². The Labute approximate surface area is 108 Å². The third kappa shape index (κ3) is 4.87. The van der Waals surface area contributed by atoms with E-state index in [-0.39, 0.29) is 4.32 Å². The predicted octanol–water partition coefficient (Wildman–Crippen LogP) is 4.59. The largest absolute Gasteiger partial charge is 0.336 e. The summed E-state index contributed by atoms with van der Waals surface area (Å²) in [5.41, 5.74) is 0. The second-order valence-corrected chi connectivity index (χ2v) is 9.91. The molecule has 0 aliphatic rings. The number of hydrogen-bond acceptors (Lipinski definition) is 3. The van der Waals surface area contributed by atoms with Gasteiger partial charge in [-0.3, -0.25) is 4.57 Å². The van der Waals surface area contributed by atoms with E-state index in [0.29, 0.717) is 13.2 Å². The molecule has 16 heavy (non-hydrogen) atoms. The molecule has 0 fully saturated rings. The Balaban J connectivity index is 4.96. The Hall–Kier alpha value is 0.630. The second-order valence-electron chi connectivity index (χ2n) is 5.04. The van der Waals surface area contributed by atoms with E-state index >= 15 is 0 Å². The summed E-state index contributed by atoms with van der Waals surface area (Å²) >= 11 is 3.58. The van der Waals surface area contributed by atoms with Gasteiger partial charge in [-0.25, -0.2) is 0 Å². The first-order chi connectivity index (χ1) is 7.08. The number of alkyl halides is 1. The molecule has 0 heterocycles. The third-order valence-electron chi connectivity index (χ3n) is 2.19. The molecule has 0 aromatic carbocycles. The van der Waals surface area contributed by atoms with E-state index < -0.39 is 12.8 Å². The summed E-state index contributed by atoms with van der Waals surface area (Å²) in [7, 11) is -3.05. The average Bonchev–Trinajstić information content (AvgIpc) is 1.99. The lowest BCUT2D eigenvalue weighted by atomic mass is 10.00. The van der Waals surface area contributed by atoms with Crippen molar-refractivity contribution in [2.45, 2.75) is 57.4 Å². The predicted molar refractivity (Wildman–Crippen MR) is 72.6 cm³/mol. The molecule has 3 nitrogen and oxygen atoms in total. The Bertz CT molecular complexity index is 248. The van der Waals surface area contributed by atoms with E-state index in [1.54, 1.807) is 0 Å². The Morgan fingerprint density at radius 1 is 1.06 bits per heavy atom. The Kier molecular flexibility index (Phi) is 6.23. The smallest absolute Gasteiger partial charge is 0.308 e. The molecule has 0 aromatic rings. The van der Waals surface area contributed by atoms with Crippen LogP contribution in [0.1, 0.15) is 48.0 Å². The second kappa shape index (κ2) is 5.99. The summed E-state index contributed by atoms with van der Waals surface area (Å²) < 4.78 is 23.4. The van der Waals surface area contributed by atoms with Gasteiger partial charge in [-0.15, -0.1) is 0 Å². The Morgan fingerprint density at radius 3 is 1.69 bits per heavy atom. The van der Waals surface area contributed by atoms with Crippen molar-refractivity contribution in [2.75, 3.05) is 13.2 Å². The van der Waals surface area contributed by atoms with Gasteiger partial charge < -0.3 is 9.05 Å². The lowest BCUT2D eigenvalue weighted by molar-refractivity contribution is 0.196. The fraction of sp³-hybridized carbons (Fsp3) is 1.00. The van der Waals surface area contributed by atoms with Crippen LogP contribution in [-0.2, 0) is 13.6 Å². The van der Waals surface area contributed by atoms with Crippen molar-refractivity contribution < 1.29 is 13.6 Å². The van der Waals surface area contributed by atoms with Crippen molar-refractivity contribution in [1.29, 1.82) is 0 Å². The van der Waals surface area contributed by atoms with Gasteiger partial charge >= 0.3 is 7.60 Å². The third-order valence-corrected chi connectivity index (χ3v) is 5.31. The van der Waals surface area contributed by atoms with Crippen LogP contribution < -0.4 is 0 Å². The van der Waals surface area contributed by atoms with Crippen LogP contribution in [0.2, 0.25) is 0 Å². The maximum Gasteiger partial charge on any atom is 0.336 e. The van der Waals surface area contributed by atoms with Gasteiger partial charge in [-0.1, -0.05) is 29.8 Å². The minimum absolute atomic E-state index is 0.0830. The molecule has 0 amide bonds. The first-order valence-corrected chi connectivity index (χ1v) is 7.99. The topological polar surface area (TPSA) is 35.5 Å². The molecule has 0 bridgehead atoms. The highest BCUT2D eigenvalue weighted by Gasteiger charge is 2.45. The highest BCUT2D eigenvalue weighted by atomic mass is 79.9. The van der Waals surface area contributed by atoms with Gasteiger partial charge in [0.2, 0.25) is 0 Å². The van der Waals surface area contributed by atoms with E-state index in [0.717, 1.165) is 6.42 Å². The molecule has 0 aromatic heterocycles. The van der Waals surface area contributed by atoms with Crippen LogP contribution in [0.15, 0.2) is 0 Å². The zero-order valence-corrected chi connectivity index (χ0v) is 13.7. The summed E-state index contributed by atoms with van der Waals surface area (Å²) in [6, 6.07) is 0. The van der Waals surface area contributed by atoms with Crippen LogP contribution in [0.25, 0.3) is 0 Å². The molecule has 0 saturated carbocycles. The van der Waals surface area contributed by atoms with Crippen LogP contribution in [0.3, 0.4) is 0 Å². The standard InChI is InChI=1S/C11H24BrO3P/c1-7-14-16(13,15-8-2)11(5,6)9-10(3,4)12/h7-9H2,1-6H3. The van der Waals surface area contributed by atoms with Crippen LogP contribution in [0, 0.1) is 0 Å². The Morgan fingerprint density at radius 2 is 1.44 bits per heavy atom. The summed E-state index contributed by atoms with van der Waals surface area (Å²) in [6.45, 7) is 12.5. The number of rotatable bonds is 7. The van der Waals surface area contributed by atoms with Gasteiger partial charge in [0.05, 0.1) is 18.4 Å². The normalized spacial score (nSPS) is 14.2. The quantitative estimate of drug-likeness (QED) is 0.509. The van der Waals surface area contributed by atoms with Crippen molar-refractivity contribution in [1.82, 2.24) is 0 Å². The highest BCUT2D eigenvalue weighted by Crippen LogP contribution is 2.62. The molecular weight excluding hydrogens is 291 g/mol. The molecule has 5 heteroatoms. The summed E-state index contributed by atoms with van der Waals surface area (Å²) in [4.78, 5) is 0. The molecular formula is C11H24BrO3P. The number of halogens is 1. The first-order valence-electron chi connectivity index (χ1n) is 5.66. The van der Waals surface area contributed by atoms with Gasteiger partial charge in [-0.05, 0) is 34.1 Å². The maximum atomic E-state index is 12.6. The van der Waals surface area contributed by atoms with Crippen molar-refractivity contribution in [3.05, 3.63) is 0 Å². The molecule has 98 valence electrons. The molecule has 0 saturated heterocycles. The van der Waals surface area contributed by atoms with Crippen LogP contribution >= 0.6 is 23.5 Å². The monoisotopic (exact) mass is 314 g/mol. The fourth-order valence-electron chi connectivity index (χ4n) is 1.85. The van der Waals surface area contributed by atoms with Gasteiger partial charge in [-0.2, -0.15) is 0 Å². The maximum absolute atomic E-state index is 12.6. The van der Waals surface area contributed by atoms with Crippen LogP contribution in [0.4, 0.5) is 0 Å². The van der Waals surface area contributed by atoms with Crippen molar-refractivity contribution >= 4 is 23.5 Å². The minimum Gasteiger partial charge on any atom is -0.308 e. The van der Waals surface area contributed by atoms with Crippen LogP contribution in [-0.4, -0.2) is 22.7 Å². The SMILES string of the molecule is CCOP(=O)(OCC)C(C)(C)CC(C)(C)Br.